The molecule has 0 fully saturated rings. The Balaban J connectivity index is 2.07. The number of aryl methyl sites for hydroxylation is 1. The second-order valence-electron chi connectivity index (χ2n) is 6.50. The third kappa shape index (κ3) is 6.70. The smallest absolute Gasteiger partial charge is 0.251 e. The summed E-state index contributed by atoms with van der Waals surface area (Å²) in [5.74, 6) is 0.513. The normalized spacial score (nSPS) is 11.7. The maximum Gasteiger partial charge on any atom is 0.251 e. The van der Waals surface area contributed by atoms with Gasteiger partial charge in [0.1, 0.15) is 6.04 Å². The van der Waals surface area contributed by atoms with E-state index >= 15 is 0 Å². The van der Waals surface area contributed by atoms with Gasteiger partial charge in [0.15, 0.2) is 0 Å². The number of halogens is 1. The van der Waals surface area contributed by atoms with Gasteiger partial charge in [-0.05, 0) is 55.2 Å². The van der Waals surface area contributed by atoms with Crippen molar-refractivity contribution >= 4 is 39.5 Å². The maximum atomic E-state index is 12.9. The van der Waals surface area contributed by atoms with Crippen molar-refractivity contribution in [3.05, 3.63) is 69.7 Å². The van der Waals surface area contributed by atoms with Crippen LogP contribution in [-0.2, 0) is 11.3 Å². The molecule has 4 nitrogen and oxygen atoms in total. The van der Waals surface area contributed by atoms with Crippen molar-refractivity contribution in [2.45, 2.75) is 25.9 Å². The molecule has 0 aromatic heterocycles. The molecule has 0 radical (unpaired) electrons. The van der Waals surface area contributed by atoms with Gasteiger partial charge < -0.3 is 10.2 Å². The highest BCUT2D eigenvalue weighted by molar-refractivity contribution is 9.10. The van der Waals surface area contributed by atoms with Gasteiger partial charge in [-0.15, -0.1) is 0 Å². The Labute approximate surface area is 173 Å². The summed E-state index contributed by atoms with van der Waals surface area (Å²) < 4.78 is 1.00. The van der Waals surface area contributed by atoms with E-state index in [9.17, 15) is 9.59 Å². The van der Waals surface area contributed by atoms with E-state index in [2.05, 4.69) is 21.2 Å². The van der Waals surface area contributed by atoms with Crippen LogP contribution in [0.25, 0.3) is 0 Å². The number of hydrogen-bond acceptors (Lipinski definition) is 3. The zero-order valence-corrected chi connectivity index (χ0v) is 18.3. The highest BCUT2D eigenvalue weighted by Gasteiger charge is 2.24. The monoisotopic (exact) mass is 448 g/mol. The van der Waals surface area contributed by atoms with Crippen molar-refractivity contribution in [3.8, 4) is 0 Å². The Kier molecular flexibility index (Phi) is 8.38. The van der Waals surface area contributed by atoms with Crippen LogP contribution in [0.4, 0.5) is 0 Å². The van der Waals surface area contributed by atoms with Crippen molar-refractivity contribution in [1.82, 2.24) is 10.2 Å². The molecule has 2 aromatic carbocycles. The van der Waals surface area contributed by atoms with E-state index in [1.54, 1.807) is 29.8 Å². The summed E-state index contributed by atoms with van der Waals surface area (Å²) >= 11 is 5.08. The first-order valence-corrected chi connectivity index (χ1v) is 10.9. The minimum atomic E-state index is -0.536. The summed E-state index contributed by atoms with van der Waals surface area (Å²) in [7, 11) is 1.77. The average Bonchev–Trinajstić information content (AvgIpc) is 2.66. The van der Waals surface area contributed by atoms with E-state index in [4.69, 9.17) is 0 Å². The molecule has 2 aromatic rings. The van der Waals surface area contributed by atoms with Gasteiger partial charge in [0.05, 0.1) is 0 Å². The first kappa shape index (κ1) is 21.5. The lowest BCUT2D eigenvalue weighted by atomic mass is 10.1. The number of likely N-dealkylation sites (N-methyl/N-ethyl adjacent to an activating group) is 1. The van der Waals surface area contributed by atoms with E-state index in [0.717, 1.165) is 21.4 Å². The molecule has 1 N–H and O–H groups in total. The van der Waals surface area contributed by atoms with Gasteiger partial charge >= 0.3 is 0 Å². The molecule has 0 heterocycles. The number of carbonyl (C=O) groups excluding carboxylic acids is 2. The second kappa shape index (κ2) is 10.5. The number of nitrogens with zero attached hydrogens (tertiary/aromatic N) is 1. The fourth-order valence-electron chi connectivity index (χ4n) is 2.73. The van der Waals surface area contributed by atoms with Crippen LogP contribution in [0.2, 0.25) is 0 Å². The average molecular weight is 449 g/mol. The van der Waals surface area contributed by atoms with Crippen LogP contribution >= 0.6 is 27.7 Å². The van der Waals surface area contributed by atoms with E-state index in [0.29, 0.717) is 18.5 Å². The molecule has 0 spiro atoms. The lowest BCUT2D eigenvalue weighted by Crippen LogP contribution is -2.47. The van der Waals surface area contributed by atoms with Crippen molar-refractivity contribution < 1.29 is 9.59 Å². The van der Waals surface area contributed by atoms with Crippen LogP contribution in [-0.4, -0.2) is 41.8 Å². The maximum absolute atomic E-state index is 12.9. The van der Waals surface area contributed by atoms with Crippen molar-refractivity contribution in [2.24, 2.45) is 0 Å². The van der Waals surface area contributed by atoms with Crippen LogP contribution in [0.15, 0.2) is 53.0 Å². The lowest BCUT2D eigenvalue weighted by Gasteiger charge is -2.25. The first-order valence-electron chi connectivity index (χ1n) is 8.76. The van der Waals surface area contributed by atoms with Crippen molar-refractivity contribution in [1.29, 1.82) is 0 Å². The number of amides is 2. The van der Waals surface area contributed by atoms with Crippen LogP contribution in [0.3, 0.4) is 0 Å². The molecule has 0 aliphatic carbocycles. The molecular formula is C21H25BrN2O2S. The van der Waals surface area contributed by atoms with Crippen LogP contribution in [0.1, 0.15) is 27.9 Å². The molecule has 144 valence electrons. The molecule has 2 amide bonds. The molecule has 2 rings (SSSR count). The zero-order valence-electron chi connectivity index (χ0n) is 15.9. The molecule has 1 unspecified atom stereocenters. The van der Waals surface area contributed by atoms with Gasteiger partial charge in [-0.25, -0.2) is 0 Å². The highest BCUT2D eigenvalue weighted by atomic mass is 79.9. The fraction of sp³-hybridized carbons (Fsp3) is 0.333. The van der Waals surface area contributed by atoms with Crippen LogP contribution in [0.5, 0.6) is 0 Å². The Bertz CT molecular complexity index is 780. The van der Waals surface area contributed by atoms with Gasteiger partial charge in [0.2, 0.25) is 5.91 Å². The number of benzene rings is 2. The zero-order chi connectivity index (χ0) is 19.8. The summed E-state index contributed by atoms with van der Waals surface area (Å²) in [5, 5.41) is 2.92. The number of nitrogens with one attached hydrogen (secondary N) is 1. The van der Waals surface area contributed by atoms with Crippen molar-refractivity contribution in [2.75, 3.05) is 19.1 Å². The van der Waals surface area contributed by atoms with E-state index in [1.807, 2.05) is 55.6 Å². The first-order chi connectivity index (χ1) is 12.9. The van der Waals surface area contributed by atoms with Gasteiger partial charge in [0, 0.05) is 23.6 Å². The lowest BCUT2D eigenvalue weighted by molar-refractivity contribution is -0.132. The molecule has 0 aliphatic rings. The molecule has 6 heteroatoms. The largest absolute Gasteiger partial charge is 0.340 e. The number of hydrogen-bond donors (Lipinski definition) is 1. The van der Waals surface area contributed by atoms with E-state index in [1.165, 1.54) is 0 Å². The Morgan fingerprint density at radius 1 is 1.19 bits per heavy atom. The summed E-state index contributed by atoms with van der Waals surface area (Å²) in [4.78, 5) is 27.2. The van der Waals surface area contributed by atoms with Crippen molar-refractivity contribution in [3.63, 3.8) is 0 Å². The molecule has 0 saturated carbocycles. The third-order valence-corrected chi connectivity index (χ3v) is 5.38. The topological polar surface area (TPSA) is 49.4 Å². The van der Waals surface area contributed by atoms with Gasteiger partial charge in [0.25, 0.3) is 5.91 Å². The van der Waals surface area contributed by atoms with Crippen LogP contribution < -0.4 is 5.32 Å². The molecule has 0 bridgehead atoms. The number of rotatable bonds is 8. The van der Waals surface area contributed by atoms with Gasteiger partial charge in [-0.3, -0.25) is 9.59 Å². The predicted molar refractivity (Wildman–Crippen MR) is 116 cm³/mol. The summed E-state index contributed by atoms with van der Waals surface area (Å²) in [6, 6.07) is 14.7. The Morgan fingerprint density at radius 2 is 1.89 bits per heavy atom. The predicted octanol–water partition coefficient (Wildman–Crippen LogP) is 4.27. The quantitative estimate of drug-likeness (QED) is 0.655. The number of thioether (sulfide) groups is 1. The minimum absolute atomic E-state index is 0.0760. The van der Waals surface area contributed by atoms with E-state index in [-0.39, 0.29) is 11.8 Å². The van der Waals surface area contributed by atoms with Crippen LogP contribution in [0, 0.1) is 6.92 Å². The minimum Gasteiger partial charge on any atom is -0.340 e. The summed E-state index contributed by atoms with van der Waals surface area (Å²) in [6.45, 7) is 2.45. The number of carbonyl (C=O) groups is 2. The van der Waals surface area contributed by atoms with Gasteiger partial charge in [-0.1, -0.05) is 45.8 Å². The second-order valence-corrected chi connectivity index (χ2v) is 8.40. The molecule has 0 aliphatic heterocycles. The Hall–Kier alpha value is -1.79. The summed E-state index contributed by atoms with van der Waals surface area (Å²) in [6.07, 6.45) is 2.59. The molecular weight excluding hydrogens is 424 g/mol. The SMILES string of the molecule is CSCCC(NC(=O)c1cccc(C)c1)C(=O)N(C)Cc1ccc(Br)cc1. The standard InChI is InChI=1S/C21H25BrN2O2S/c1-15-5-4-6-17(13-15)20(25)23-19(11-12-27-3)21(26)24(2)14-16-7-9-18(22)10-8-16/h4-10,13,19H,11-12,14H2,1-3H3,(H,23,25). The third-order valence-electron chi connectivity index (χ3n) is 4.20. The fourth-order valence-corrected chi connectivity index (χ4v) is 3.46. The molecule has 27 heavy (non-hydrogen) atoms. The van der Waals surface area contributed by atoms with E-state index < -0.39 is 6.04 Å². The molecule has 1 atom stereocenters. The van der Waals surface area contributed by atoms with Gasteiger partial charge in [-0.2, -0.15) is 11.8 Å². The molecule has 0 saturated heterocycles. The Morgan fingerprint density at radius 3 is 2.52 bits per heavy atom. The summed E-state index contributed by atoms with van der Waals surface area (Å²) in [5.41, 5.74) is 2.64. The highest BCUT2D eigenvalue weighted by Crippen LogP contribution is 2.13.